The summed E-state index contributed by atoms with van der Waals surface area (Å²) in [5, 5.41) is 6.65. The van der Waals surface area contributed by atoms with Gasteiger partial charge in [-0.2, -0.15) is 0 Å². The molecular formula is C19H29N3O. The van der Waals surface area contributed by atoms with Crippen LogP contribution >= 0.6 is 0 Å². The largest absolute Gasteiger partial charge is 0.354 e. The number of amides is 1. The van der Waals surface area contributed by atoms with E-state index in [1.807, 2.05) is 0 Å². The summed E-state index contributed by atoms with van der Waals surface area (Å²) in [6.45, 7) is 6.12. The molecule has 0 bridgehead atoms. The molecule has 0 saturated carbocycles. The number of carbonyl (C=O) groups excluding carboxylic acids is 1. The Bertz CT molecular complexity index is 499. The fourth-order valence-corrected chi connectivity index (χ4v) is 3.90. The molecule has 3 atom stereocenters. The predicted molar refractivity (Wildman–Crippen MR) is 93.2 cm³/mol. The fraction of sp³-hybridized carbons (Fsp3) is 0.632. The van der Waals surface area contributed by atoms with Gasteiger partial charge in [0.1, 0.15) is 0 Å². The molecule has 23 heavy (non-hydrogen) atoms. The SMILES string of the molecule is C[C@H]1C[C@@H](C(=O)NCC(c2ccccc2)N2CCCC2)CCN1. The van der Waals surface area contributed by atoms with Gasteiger partial charge in [0.2, 0.25) is 5.91 Å². The van der Waals surface area contributed by atoms with E-state index in [1.165, 1.54) is 18.4 Å². The van der Waals surface area contributed by atoms with Gasteiger partial charge in [0.05, 0.1) is 6.04 Å². The number of hydrogen-bond donors (Lipinski definition) is 2. The summed E-state index contributed by atoms with van der Waals surface area (Å²) in [5.74, 6) is 0.403. The topological polar surface area (TPSA) is 44.4 Å². The number of rotatable bonds is 5. The fourth-order valence-electron chi connectivity index (χ4n) is 3.90. The van der Waals surface area contributed by atoms with Crippen LogP contribution in [0.4, 0.5) is 0 Å². The minimum absolute atomic E-state index is 0.168. The monoisotopic (exact) mass is 315 g/mol. The molecule has 2 aliphatic heterocycles. The minimum atomic E-state index is 0.168. The van der Waals surface area contributed by atoms with Crippen LogP contribution in [0, 0.1) is 5.92 Å². The van der Waals surface area contributed by atoms with Crippen LogP contribution in [-0.2, 0) is 4.79 Å². The van der Waals surface area contributed by atoms with E-state index < -0.39 is 0 Å². The van der Waals surface area contributed by atoms with Gasteiger partial charge in [0.15, 0.2) is 0 Å². The van der Waals surface area contributed by atoms with Crippen LogP contribution in [0.3, 0.4) is 0 Å². The molecule has 1 aromatic rings. The summed E-state index contributed by atoms with van der Waals surface area (Å²) in [4.78, 5) is 15.1. The van der Waals surface area contributed by atoms with E-state index in [1.54, 1.807) is 0 Å². The molecule has 1 aromatic carbocycles. The average Bonchev–Trinajstić information content (AvgIpc) is 3.10. The molecule has 0 spiro atoms. The van der Waals surface area contributed by atoms with E-state index in [4.69, 9.17) is 0 Å². The Kier molecular flexibility index (Phi) is 5.68. The first-order valence-electron chi connectivity index (χ1n) is 9.04. The second kappa shape index (κ2) is 7.93. The van der Waals surface area contributed by atoms with Gasteiger partial charge < -0.3 is 10.6 Å². The number of nitrogens with zero attached hydrogens (tertiary/aromatic N) is 1. The van der Waals surface area contributed by atoms with Crippen molar-refractivity contribution < 1.29 is 4.79 Å². The van der Waals surface area contributed by atoms with Crippen LogP contribution < -0.4 is 10.6 Å². The lowest BCUT2D eigenvalue weighted by Crippen LogP contribution is -2.44. The van der Waals surface area contributed by atoms with Crippen molar-refractivity contribution in [2.75, 3.05) is 26.2 Å². The zero-order chi connectivity index (χ0) is 16.1. The maximum absolute atomic E-state index is 12.5. The lowest BCUT2D eigenvalue weighted by atomic mass is 9.92. The van der Waals surface area contributed by atoms with Crippen molar-refractivity contribution in [1.82, 2.24) is 15.5 Å². The van der Waals surface area contributed by atoms with Crippen LogP contribution in [0.2, 0.25) is 0 Å². The molecule has 0 radical (unpaired) electrons. The maximum atomic E-state index is 12.5. The molecule has 2 aliphatic rings. The lowest BCUT2D eigenvalue weighted by Gasteiger charge is -2.30. The Balaban J connectivity index is 1.61. The normalized spacial score (nSPS) is 26.8. The quantitative estimate of drug-likeness (QED) is 0.876. The molecule has 4 heteroatoms. The van der Waals surface area contributed by atoms with Gasteiger partial charge in [-0.3, -0.25) is 9.69 Å². The third kappa shape index (κ3) is 4.33. The van der Waals surface area contributed by atoms with Crippen LogP contribution in [-0.4, -0.2) is 43.0 Å². The molecule has 2 heterocycles. The Morgan fingerprint density at radius 3 is 2.74 bits per heavy atom. The molecule has 3 rings (SSSR count). The Hall–Kier alpha value is -1.39. The van der Waals surface area contributed by atoms with E-state index in [0.717, 1.165) is 39.0 Å². The third-order valence-corrected chi connectivity index (χ3v) is 5.23. The summed E-state index contributed by atoms with van der Waals surface area (Å²) in [6, 6.07) is 11.4. The molecule has 2 N–H and O–H groups in total. The average molecular weight is 315 g/mol. The standard InChI is InChI=1S/C19H29N3O/c1-15-13-17(9-10-20-15)19(23)21-14-18(22-11-5-6-12-22)16-7-3-2-4-8-16/h2-4,7-8,15,17-18,20H,5-6,9-14H2,1H3,(H,21,23)/t15-,17-,18?/m0/s1. The number of nitrogens with one attached hydrogen (secondary N) is 2. The van der Waals surface area contributed by atoms with Crippen molar-refractivity contribution in [2.45, 2.75) is 44.7 Å². The van der Waals surface area contributed by atoms with Gasteiger partial charge in [-0.25, -0.2) is 0 Å². The molecule has 1 unspecified atom stereocenters. The Labute approximate surface area is 139 Å². The van der Waals surface area contributed by atoms with E-state index in [-0.39, 0.29) is 11.8 Å². The predicted octanol–water partition coefficient (Wildman–Crippen LogP) is 2.33. The first-order chi connectivity index (χ1) is 11.2. The van der Waals surface area contributed by atoms with Gasteiger partial charge in [0, 0.05) is 18.5 Å². The summed E-state index contributed by atoms with van der Waals surface area (Å²) in [7, 11) is 0. The zero-order valence-corrected chi connectivity index (χ0v) is 14.1. The third-order valence-electron chi connectivity index (χ3n) is 5.23. The van der Waals surface area contributed by atoms with Crippen molar-refractivity contribution in [3.63, 3.8) is 0 Å². The first-order valence-corrected chi connectivity index (χ1v) is 9.04. The smallest absolute Gasteiger partial charge is 0.223 e. The highest BCUT2D eigenvalue weighted by molar-refractivity contribution is 5.78. The highest BCUT2D eigenvalue weighted by atomic mass is 16.1. The van der Waals surface area contributed by atoms with Crippen molar-refractivity contribution in [3.8, 4) is 0 Å². The highest BCUT2D eigenvalue weighted by Gasteiger charge is 2.27. The molecule has 2 saturated heterocycles. The molecule has 4 nitrogen and oxygen atoms in total. The zero-order valence-electron chi connectivity index (χ0n) is 14.1. The van der Waals surface area contributed by atoms with Crippen molar-refractivity contribution >= 4 is 5.91 Å². The molecule has 0 aromatic heterocycles. The van der Waals surface area contributed by atoms with E-state index in [9.17, 15) is 4.79 Å². The molecule has 126 valence electrons. The summed E-state index contributed by atoms with van der Waals surface area (Å²) < 4.78 is 0. The first kappa shape index (κ1) is 16.5. The van der Waals surface area contributed by atoms with Gasteiger partial charge in [-0.15, -0.1) is 0 Å². The maximum Gasteiger partial charge on any atom is 0.223 e. The van der Waals surface area contributed by atoms with Crippen LogP contribution in [0.15, 0.2) is 30.3 Å². The van der Waals surface area contributed by atoms with Gasteiger partial charge in [-0.1, -0.05) is 30.3 Å². The number of hydrogen-bond acceptors (Lipinski definition) is 3. The second-order valence-electron chi connectivity index (χ2n) is 6.99. The number of piperidine rings is 1. The number of likely N-dealkylation sites (tertiary alicyclic amines) is 1. The Morgan fingerprint density at radius 2 is 2.04 bits per heavy atom. The van der Waals surface area contributed by atoms with E-state index in [0.29, 0.717) is 12.1 Å². The van der Waals surface area contributed by atoms with Crippen LogP contribution in [0.25, 0.3) is 0 Å². The van der Waals surface area contributed by atoms with E-state index >= 15 is 0 Å². The summed E-state index contributed by atoms with van der Waals surface area (Å²) in [6.07, 6.45) is 4.44. The van der Waals surface area contributed by atoms with Crippen molar-refractivity contribution in [2.24, 2.45) is 5.92 Å². The molecule has 0 aliphatic carbocycles. The van der Waals surface area contributed by atoms with Crippen molar-refractivity contribution in [1.29, 1.82) is 0 Å². The minimum Gasteiger partial charge on any atom is -0.354 e. The van der Waals surface area contributed by atoms with Crippen LogP contribution in [0.1, 0.15) is 44.2 Å². The van der Waals surface area contributed by atoms with Gasteiger partial charge in [0.25, 0.3) is 0 Å². The van der Waals surface area contributed by atoms with Gasteiger partial charge in [-0.05, 0) is 57.8 Å². The van der Waals surface area contributed by atoms with Crippen molar-refractivity contribution in [3.05, 3.63) is 35.9 Å². The van der Waals surface area contributed by atoms with Gasteiger partial charge >= 0.3 is 0 Å². The second-order valence-corrected chi connectivity index (χ2v) is 6.99. The van der Waals surface area contributed by atoms with Crippen LogP contribution in [0.5, 0.6) is 0 Å². The lowest BCUT2D eigenvalue weighted by molar-refractivity contribution is -0.126. The summed E-state index contributed by atoms with van der Waals surface area (Å²) in [5.41, 5.74) is 1.31. The van der Waals surface area contributed by atoms with E-state index in [2.05, 4.69) is 52.8 Å². The molecule has 2 fully saturated rings. The molecule has 1 amide bonds. The molecular weight excluding hydrogens is 286 g/mol. The summed E-state index contributed by atoms with van der Waals surface area (Å²) >= 11 is 0. The number of benzene rings is 1. The number of carbonyl (C=O) groups is 1. The Morgan fingerprint density at radius 1 is 1.30 bits per heavy atom. The highest BCUT2D eigenvalue weighted by Crippen LogP contribution is 2.25.